The van der Waals surface area contributed by atoms with Gasteiger partial charge in [0.2, 0.25) is 0 Å². The summed E-state index contributed by atoms with van der Waals surface area (Å²) in [5, 5.41) is 2.92. The summed E-state index contributed by atoms with van der Waals surface area (Å²) in [6.45, 7) is 2.35. The van der Waals surface area contributed by atoms with E-state index >= 15 is 0 Å². The van der Waals surface area contributed by atoms with E-state index in [-0.39, 0.29) is 0 Å². The third kappa shape index (κ3) is 2.55. The van der Waals surface area contributed by atoms with Gasteiger partial charge in [-0.3, -0.25) is 0 Å². The summed E-state index contributed by atoms with van der Waals surface area (Å²) >= 11 is 1.93. The minimum Gasteiger partial charge on any atom is -0.135 e. The highest BCUT2D eigenvalue weighted by molar-refractivity contribution is 7.25. The molecule has 0 nitrogen and oxygen atoms in total. The average molecular weight is 429 g/mol. The number of benzene rings is 4. The lowest BCUT2D eigenvalue weighted by molar-refractivity contribution is 0.750. The molecule has 0 fully saturated rings. The van der Waals surface area contributed by atoms with Crippen molar-refractivity contribution in [1.29, 1.82) is 0 Å². The van der Waals surface area contributed by atoms with Crippen LogP contribution in [0.15, 0.2) is 90.5 Å². The number of hydrogen-bond acceptors (Lipinski definition) is 1. The molecule has 0 radical (unpaired) electrons. The second kappa shape index (κ2) is 6.92. The van der Waals surface area contributed by atoms with Crippen LogP contribution in [0.5, 0.6) is 0 Å². The Labute approximate surface area is 192 Å². The van der Waals surface area contributed by atoms with Gasteiger partial charge in [-0.1, -0.05) is 78.4 Å². The van der Waals surface area contributed by atoms with Crippen molar-refractivity contribution in [3.63, 3.8) is 0 Å². The van der Waals surface area contributed by atoms with Crippen molar-refractivity contribution in [3.05, 3.63) is 113 Å². The third-order valence-corrected chi connectivity index (χ3v) is 8.71. The molecule has 1 heterocycles. The topological polar surface area (TPSA) is 0 Å². The van der Waals surface area contributed by atoms with Gasteiger partial charge in [-0.2, -0.15) is 0 Å². The Hall–Kier alpha value is -3.16. The molecule has 32 heavy (non-hydrogen) atoms. The van der Waals surface area contributed by atoms with E-state index in [2.05, 4.69) is 91.9 Å². The fraction of sp³-hybridized carbons (Fsp3) is 0.161. The molecule has 0 saturated heterocycles. The summed E-state index contributed by atoms with van der Waals surface area (Å²) in [4.78, 5) is 0. The van der Waals surface area contributed by atoms with Gasteiger partial charge in [0.25, 0.3) is 0 Å². The van der Waals surface area contributed by atoms with Crippen LogP contribution in [0, 0.1) is 0 Å². The highest BCUT2D eigenvalue weighted by atomic mass is 32.1. The van der Waals surface area contributed by atoms with Gasteiger partial charge in [-0.25, -0.2) is 0 Å². The zero-order chi connectivity index (χ0) is 21.2. The lowest BCUT2D eigenvalue weighted by Gasteiger charge is -2.15. The minimum absolute atomic E-state index is 0.498. The third-order valence-electron chi connectivity index (χ3n) is 7.58. The fourth-order valence-corrected chi connectivity index (χ4v) is 7.30. The summed E-state index contributed by atoms with van der Waals surface area (Å²) in [6.07, 6.45) is 3.41. The van der Waals surface area contributed by atoms with E-state index in [1.54, 1.807) is 16.7 Å². The first-order chi connectivity index (χ1) is 15.8. The summed E-state index contributed by atoms with van der Waals surface area (Å²) in [6, 6.07) is 31.7. The van der Waals surface area contributed by atoms with Crippen LogP contribution in [-0.4, -0.2) is 0 Å². The van der Waals surface area contributed by atoms with Gasteiger partial charge in [0.1, 0.15) is 0 Å². The van der Waals surface area contributed by atoms with Crippen LogP contribution in [0.25, 0.3) is 36.9 Å². The summed E-state index contributed by atoms with van der Waals surface area (Å²) in [5.41, 5.74) is 12.1. The SMILES string of the molecule is CC1=C(CCC2c3ccccc3-c3ccccc32)c2ccc3sc4ccccc4c3c2C1. The molecule has 0 saturated carbocycles. The van der Waals surface area contributed by atoms with E-state index in [1.807, 2.05) is 11.3 Å². The largest absolute Gasteiger partial charge is 0.135 e. The normalized spacial score (nSPS) is 14.9. The van der Waals surface area contributed by atoms with E-state index in [4.69, 9.17) is 0 Å². The van der Waals surface area contributed by atoms with Crippen LogP contribution in [0.4, 0.5) is 0 Å². The molecule has 0 N–H and O–H groups in total. The van der Waals surface area contributed by atoms with E-state index in [1.165, 1.54) is 54.4 Å². The molecule has 0 amide bonds. The number of fused-ring (bicyclic) bond motifs is 8. The molecule has 0 atom stereocenters. The monoisotopic (exact) mass is 428 g/mol. The molecule has 5 aromatic rings. The maximum atomic E-state index is 2.40. The number of allylic oxidation sites excluding steroid dienone is 2. The summed E-state index contributed by atoms with van der Waals surface area (Å²) < 4.78 is 2.83. The summed E-state index contributed by atoms with van der Waals surface area (Å²) in [7, 11) is 0. The quantitative estimate of drug-likeness (QED) is 0.269. The minimum atomic E-state index is 0.498. The van der Waals surface area contributed by atoms with E-state index in [0.29, 0.717) is 5.92 Å². The molecule has 0 unspecified atom stereocenters. The Morgan fingerprint density at radius 1 is 0.719 bits per heavy atom. The Morgan fingerprint density at radius 3 is 2.19 bits per heavy atom. The van der Waals surface area contributed by atoms with Crippen molar-refractivity contribution in [2.75, 3.05) is 0 Å². The van der Waals surface area contributed by atoms with Gasteiger partial charge in [0.15, 0.2) is 0 Å². The molecular formula is C31H24S. The first-order valence-corrected chi connectivity index (χ1v) is 12.4. The molecule has 1 heteroatoms. The van der Waals surface area contributed by atoms with Crippen LogP contribution < -0.4 is 0 Å². The zero-order valence-electron chi connectivity index (χ0n) is 18.2. The Morgan fingerprint density at radius 2 is 1.41 bits per heavy atom. The van der Waals surface area contributed by atoms with Gasteiger partial charge in [-0.05, 0) is 77.3 Å². The van der Waals surface area contributed by atoms with Gasteiger partial charge < -0.3 is 0 Å². The Bertz CT molecular complexity index is 1520. The van der Waals surface area contributed by atoms with Gasteiger partial charge in [0, 0.05) is 26.1 Å². The molecule has 0 spiro atoms. The molecule has 0 bridgehead atoms. The second-order valence-electron chi connectivity index (χ2n) is 9.26. The van der Waals surface area contributed by atoms with E-state index in [0.717, 1.165) is 12.8 Å². The molecule has 2 aliphatic rings. The zero-order valence-corrected chi connectivity index (χ0v) is 19.0. The predicted octanol–water partition coefficient (Wildman–Crippen LogP) is 8.98. The maximum Gasteiger partial charge on any atom is 0.0358 e. The van der Waals surface area contributed by atoms with Crippen LogP contribution >= 0.6 is 11.3 Å². The van der Waals surface area contributed by atoms with Gasteiger partial charge >= 0.3 is 0 Å². The number of rotatable bonds is 3. The predicted molar refractivity (Wildman–Crippen MR) is 139 cm³/mol. The highest BCUT2D eigenvalue weighted by Crippen LogP contribution is 2.49. The van der Waals surface area contributed by atoms with Crippen molar-refractivity contribution in [1.82, 2.24) is 0 Å². The molecule has 2 aliphatic carbocycles. The first kappa shape index (κ1) is 18.4. The van der Waals surface area contributed by atoms with Crippen molar-refractivity contribution in [2.24, 2.45) is 0 Å². The molecule has 4 aromatic carbocycles. The van der Waals surface area contributed by atoms with Crippen molar-refractivity contribution >= 4 is 37.1 Å². The number of hydrogen-bond donors (Lipinski definition) is 0. The Balaban J connectivity index is 1.28. The van der Waals surface area contributed by atoms with E-state index < -0.39 is 0 Å². The fourth-order valence-electron chi connectivity index (χ4n) is 6.16. The van der Waals surface area contributed by atoms with Gasteiger partial charge in [0.05, 0.1) is 0 Å². The van der Waals surface area contributed by atoms with Crippen LogP contribution in [0.3, 0.4) is 0 Å². The standard InChI is InChI=1S/C31H24S/c1-19-18-28-25(16-17-30-31(28)27-12-6-7-13-29(27)32-30)20(19)14-15-26-23-10-4-2-8-21(23)22-9-3-5-11-24(22)26/h2-13,16-17,26H,14-15,18H2,1H3. The van der Waals surface area contributed by atoms with E-state index in [9.17, 15) is 0 Å². The molecule has 154 valence electrons. The van der Waals surface area contributed by atoms with Crippen LogP contribution in [0.2, 0.25) is 0 Å². The van der Waals surface area contributed by atoms with Crippen molar-refractivity contribution in [2.45, 2.75) is 32.1 Å². The lowest BCUT2D eigenvalue weighted by Crippen LogP contribution is -1.98. The maximum absolute atomic E-state index is 2.40. The first-order valence-electron chi connectivity index (χ1n) is 11.6. The van der Waals surface area contributed by atoms with Crippen LogP contribution in [0.1, 0.15) is 47.9 Å². The molecular weight excluding hydrogens is 404 g/mol. The number of thiophene rings is 1. The second-order valence-corrected chi connectivity index (χ2v) is 10.3. The van der Waals surface area contributed by atoms with Gasteiger partial charge in [-0.15, -0.1) is 11.3 Å². The van der Waals surface area contributed by atoms with Crippen LogP contribution in [-0.2, 0) is 6.42 Å². The summed E-state index contributed by atoms with van der Waals surface area (Å²) in [5.74, 6) is 0.498. The van der Waals surface area contributed by atoms with Crippen molar-refractivity contribution < 1.29 is 0 Å². The lowest BCUT2D eigenvalue weighted by atomic mass is 9.88. The molecule has 1 aromatic heterocycles. The average Bonchev–Trinajstić information content (AvgIpc) is 3.46. The smallest absolute Gasteiger partial charge is 0.0358 e. The highest BCUT2D eigenvalue weighted by Gasteiger charge is 2.29. The molecule has 0 aliphatic heterocycles. The van der Waals surface area contributed by atoms with Crippen molar-refractivity contribution in [3.8, 4) is 11.1 Å². The molecule has 7 rings (SSSR count). The Kier molecular flexibility index (Phi) is 3.98.